The van der Waals surface area contributed by atoms with E-state index in [4.69, 9.17) is 5.73 Å². The summed E-state index contributed by atoms with van der Waals surface area (Å²) in [7, 11) is 3.75. The van der Waals surface area contributed by atoms with E-state index < -0.39 is 0 Å². The molecule has 5 nitrogen and oxygen atoms in total. The topological polar surface area (TPSA) is 71.2 Å². The molecule has 6 heteroatoms. The zero-order valence-corrected chi connectivity index (χ0v) is 11.6. The van der Waals surface area contributed by atoms with Gasteiger partial charge < -0.3 is 16.0 Å². The molecule has 0 saturated heterocycles. The van der Waals surface area contributed by atoms with Crippen LogP contribution in [0.5, 0.6) is 0 Å². The van der Waals surface area contributed by atoms with Crippen LogP contribution in [0.4, 0.5) is 10.9 Å². The molecule has 1 aromatic rings. The van der Waals surface area contributed by atoms with Crippen LogP contribution in [-0.4, -0.2) is 31.0 Å². The van der Waals surface area contributed by atoms with Gasteiger partial charge in [-0.15, -0.1) is 0 Å². The third kappa shape index (κ3) is 3.33. The molecule has 0 fully saturated rings. The molecule has 1 amide bonds. The predicted molar refractivity (Wildman–Crippen MR) is 72.7 cm³/mol. The third-order valence-electron chi connectivity index (χ3n) is 2.55. The van der Waals surface area contributed by atoms with Crippen molar-refractivity contribution in [2.45, 2.75) is 32.7 Å². The van der Waals surface area contributed by atoms with Gasteiger partial charge in [-0.3, -0.25) is 4.79 Å². The number of nitrogens with two attached hydrogens (primary N) is 1. The third-order valence-corrected chi connectivity index (χ3v) is 3.79. The predicted octanol–water partition coefficient (Wildman–Crippen LogP) is 1.71. The maximum Gasteiger partial charge on any atom is 0.265 e. The first-order valence-electron chi connectivity index (χ1n) is 5.74. The second-order valence-electron chi connectivity index (χ2n) is 4.09. The Labute approximate surface area is 106 Å². The van der Waals surface area contributed by atoms with E-state index in [9.17, 15) is 4.79 Å². The fraction of sp³-hybridized carbons (Fsp3) is 0.636. The van der Waals surface area contributed by atoms with Crippen LogP contribution in [0.1, 0.15) is 36.4 Å². The molecule has 0 saturated carbocycles. The summed E-state index contributed by atoms with van der Waals surface area (Å²) in [4.78, 5) is 18.5. The quantitative estimate of drug-likeness (QED) is 0.841. The molecule has 3 N–H and O–H groups in total. The van der Waals surface area contributed by atoms with Gasteiger partial charge in [-0.05, 0) is 12.8 Å². The smallest absolute Gasteiger partial charge is 0.265 e. The molecular weight excluding hydrogens is 236 g/mol. The van der Waals surface area contributed by atoms with E-state index in [1.54, 1.807) is 0 Å². The Kier molecular flexibility index (Phi) is 4.74. The number of aromatic nitrogens is 1. The van der Waals surface area contributed by atoms with Crippen molar-refractivity contribution in [3.63, 3.8) is 0 Å². The highest BCUT2D eigenvalue weighted by atomic mass is 32.1. The highest BCUT2D eigenvalue weighted by molar-refractivity contribution is 7.18. The minimum Gasteiger partial charge on any atom is -0.382 e. The van der Waals surface area contributed by atoms with Crippen molar-refractivity contribution in [1.82, 2.24) is 10.3 Å². The summed E-state index contributed by atoms with van der Waals surface area (Å²) in [6.07, 6.45) is 1.84. The Morgan fingerprint density at radius 3 is 2.47 bits per heavy atom. The number of hydrogen-bond donors (Lipinski definition) is 2. The normalized spacial score (nSPS) is 10.6. The molecule has 1 aromatic heterocycles. The van der Waals surface area contributed by atoms with Gasteiger partial charge in [0.15, 0.2) is 5.13 Å². The van der Waals surface area contributed by atoms with Crippen molar-refractivity contribution in [3.8, 4) is 0 Å². The number of carbonyl (C=O) groups is 1. The van der Waals surface area contributed by atoms with Crippen molar-refractivity contribution >= 4 is 28.2 Å². The van der Waals surface area contributed by atoms with Gasteiger partial charge in [-0.25, -0.2) is 4.98 Å². The first kappa shape index (κ1) is 13.8. The number of rotatable bonds is 5. The van der Waals surface area contributed by atoms with Crippen molar-refractivity contribution in [2.75, 3.05) is 24.7 Å². The number of amides is 1. The second-order valence-corrected chi connectivity index (χ2v) is 5.07. The molecule has 1 rings (SSSR count). The standard InChI is InChI=1S/C11H20N4OS/c1-5-7(6-2)13-10(16)8-9(12)14-11(17-8)15(3)4/h7H,5-6,12H2,1-4H3,(H,13,16). The Bertz CT molecular complexity index is 385. The molecule has 0 spiro atoms. The number of hydrogen-bond acceptors (Lipinski definition) is 5. The number of anilines is 2. The maximum absolute atomic E-state index is 12.0. The van der Waals surface area contributed by atoms with Gasteiger partial charge >= 0.3 is 0 Å². The monoisotopic (exact) mass is 256 g/mol. The summed E-state index contributed by atoms with van der Waals surface area (Å²) in [5.41, 5.74) is 5.75. The van der Waals surface area contributed by atoms with Gasteiger partial charge in [0, 0.05) is 20.1 Å². The summed E-state index contributed by atoms with van der Waals surface area (Å²) < 4.78 is 0. The molecule has 17 heavy (non-hydrogen) atoms. The number of nitrogen functional groups attached to an aromatic ring is 1. The molecule has 0 aliphatic heterocycles. The van der Waals surface area contributed by atoms with Crippen LogP contribution < -0.4 is 16.0 Å². The molecule has 0 aromatic carbocycles. The van der Waals surface area contributed by atoms with Crippen molar-refractivity contribution in [2.24, 2.45) is 0 Å². The molecule has 0 atom stereocenters. The lowest BCUT2D eigenvalue weighted by Gasteiger charge is -2.13. The number of nitrogens with one attached hydrogen (secondary N) is 1. The zero-order valence-electron chi connectivity index (χ0n) is 10.8. The lowest BCUT2D eigenvalue weighted by Crippen LogP contribution is -2.33. The Morgan fingerprint density at radius 2 is 2.06 bits per heavy atom. The van der Waals surface area contributed by atoms with E-state index in [2.05, 4.69) is 24.1 Å². The molecule has 0 unspecified atom stereocenters. The van der Waals surface area contributed by atoms with Crippen LogP contribution in [0, 0.1) is 0 Å². The molecule has 0 aliphatic carbocycles. The summed E-state index contributed by atoms with van der Waals surface area (Å²) in [5, 5.41) is 3.71. The minimum atomic E-state index is -0.123. The molecule has 0 radical (unpaired) electrons. The van der Waals surface area contributed by atoms with E-state index in [1.165, 1.54) is 11.3 Å². The number of thiazole rings is 1. The SMILES string of the molecule is CCC(CC)NC(=O)c1sc(N(C)C)nc1N. The van der Waals surface area contributed by atoms with Gasteiger partial charge in [0.25, 0.3) is 5.91 Å². The Hall–Kier alpha value is -1.30. The number of carbonyl (C=O) groups excluding carboxylic acids is 1. The molecular formula is C11H20N4OS. The van der Waals surface area contributed by atoms with Crippen LogP contribution in [0.2, 0.25) is 0 Å². The van der Waals surface area contributed by atoms with Gasteiger partial charge in [0.2, 0.25) is 0 Å². The number of nitrogens with zero attached hydrogens (tertiary/aromatic N) is 2. The van der Waals surface area contributed by atoms with Crippen LogP contribution in [0.3, 0.4) is 0 Å². The Morgan fingerprint density at radius 1 is 1.47 bits per heavy atom. The van der Waals surface area contributed by atoms with Crippen LogP contribution in [0.25, 0.3) is 0 Å². The lowest BCUT2D eigenvalue weighted by molar-refractivity contribution is 0.0939. The first-order valence-corrected chi connectivity index (χ1v) is 6.55. The van der Waals surface area contributed by atoms with Crippen molar-refractivity contribution < 1.29 is 4.79 Å². The highest BCUT2D eigenvalue weighted by Crippen LogP contribution is 2.26. The first-order chi connectivity index (χ1) is 7.99. The largest absolute Gasteiger partial charge is 0.382 e. The van der Waals surface area contributed by atoms with Gasteiger partial charge in [-0.1, -0.05) is 25.2 Å². The van der Waals surface area contributed by atoms with E-state index in [0.29, 0.717) is 10.7 Å². The van der Waals surface area contributed by atoms with Crippen molar-refractivity contribution in [1.29, 1.82) is 0 Å². The molecule has 96 valence electrons. The van der Waals surface area contributed by atoms with Gasteiger partial charge in [0.1, 0.15) is 10.7 Å². The van der Waals surface area contributed by atoms with E-state index >= 15 is 0 Å². The minimum absolute atomic E-state index is 0.123. The van der Waals surface area contributed by atoms with Crippen LogP contribution >= 0.6 is 11.3 Å². The highest BCUT2D eigenvalue weighted by Gasteiger charge is 2.18. The summed E-state index contributed by atoms with van der Waals surface area (Å²) in [6.45, 7) is 4.10. The average molecular weight is 256 g/mol. The summed E-state index contributed by atoms with van der Waals surface area (Å²) >= 11 is 1.32. The second kappa shape index (κ2) is 5.86. The molecule has 1 heterocycles. The fourth-order valence-corrected chi connectivity index (χ4v) is 2.23. The summed E-state index contributed by atoms with van der Waals surface area (Å²) in [5.74, 6) is 0.184. The fourth-order valence-electron chi connectivity index (χ4n) is 1.42. The van der Waals surface area contributed by atoms with Gasteiger partial charge in [-0.2, -0.15) is 0 Å². The van der Waals surface area contributed by atoms with E-state index in [-0.39, 0.29) is 11.9 Å². The molecule has 0 bridgehead atoms. The van der Waals surface area contributed by atoms with E-state index in [0.717, 1.165) is 18.0 Å². The maximum atomic E-state index is 12.0. The van der Waals surface area contributed by atoms with Crippen LogP contribution in [-0.2, 0) is 0 Å². The van der Waals surface area contributed by atoms with Gasteiger partial charge in [0.05, 0.1) is 0 Å². The lowest BCUT2D eigenvalue weighted by atomic mass is 10.2. The van der Waals surface area contributed by atoms with E-state index in [1.807, 2.05) is 19.0 Å². The summed E-state index contributed by atoms with van der Waals surface area (Å²) in [6, 6.07) is 0.201. The average Bonchev–Trinajstić information content (AvgIpc) is 2.68. The molecule has 0 aliphatic rings. The van der Waals surface area contributed by atoms with Crippen molar-refractivity contribution in [3.05, 3.63) is 4.88 Å². The van der Waals surface area contributed by atoms with Crippen LogP contribution in [0.15, 0.2) is 0 Å². The Balaban J connectivity index is 2.81. The zero-order chi connectivity index (χ0) is 13.0.